The quantitative estimate of drug-likeness (QED) is 0.388. The van der Waals surface area contributed by atoms with Gasteiger partial charge in [0, 0.05) is 30.4 Å². The summed E-state index contributed by atoms with van der Waals surface area (Å²) in [5.41, 5.74) is 1.38. The Hall–Kier alpha value is -2.94. The van der Waals surface area contributed by atoms with Crippen LogP contribution < -0.4 is 0 Å². The summed E-state index contributed by atoms with van der Waals surface area (Å²) in [4.78, 5) is -0.141. The zero-order valence-corrected chi connectivity index (χ0v) is 20.2. The van der Waals surface area contributed by atoms with Gasteiger partial charge in [-0.25, -0.2) is 16.8 Å². The highest BCUT2D eigenvalue weighted by molar-refractivity contribution is 8.10. The van der Waals surface area contributed by atoms with Crippen molar-refractivity contribution in [3.05, 3.63) is 96.3 Å². The molecule has 0 N–H and O–H groups in total. The number of benzene rings is 3. The highest BCUT2D eigenvalue weighted by Crippen LogP contribution is 2.48. The summed E-state index contributed by atoms with van der Waals surface area (Å²) in [6.07, 6.45) is -1.39. The second kappa shape index (κ2) is 8.37. The van der Waals surface area contributed by atoms with E-state index in [9.17, 15) is 16.8 Å². The second-order valence-corrected chi connectivity index (χ2v) is 12.9. The Balaban J connectivity index is 1.85. The minimum atomic E-state index is -4.45. The van der Waals surface area contributed by atoms with Gasteiger partial charge in [0.25, 0.3) is 0 Å². The van der Waals surface area contributed by atoms with Crippen molar-refractivity contribution in [3.63, 3.8) is 0 Å². The van der Waals surface area contributed by atoms with Gasteiger partial charge in [-0.05, 0) is 37.3 Å². The first-order valence-corrected chi connectivity index (χ1v) is 14.0. The van der Waals surface area contributed by atoms with Crippen LogP contribution in [0.4, 0.5) is 0 Å². The van der Waals surface area contributed by atoms with Crippen molar-refractivity contribution in [1.82, 2.24) is 0 Å². The van der Waals surface area contributed by atoms with Gasteiger partial charge in [0.05, 0.1) is 15.9 Å². The molecule has 5 rings (SSSR count). The van der Waals surface area contributed by atoms with E-state index in [0.717, 1.165) is 10.9 Å². The van der Waals surface area contributed by atoms with Gasteiger partial charge in [-0.2, -0.15) is 0 Å². The maximum atomic E-state index is 14.3. The van der Waals surface area contributed by atoms with E-state index in [1.807, 2.05) is 18.2 Å². The smallest absolute Gasteiger partial charge is 0.215 e. The Morgan fingerprint density at radius 2 is 1.35 bits per heavy atom. The number of sulfone groups is 2. The third-order valence-electron chi connectivity index (χ3n) is 6.45. The largest absolute Gasteiger partial charge is 0.461 e. The summed E-state index contributed by atoms with van der Waals surface area (Å²) in [7, 11) is -8.91. The van der Waals surface area contributed by atoms with Crippen LogP contribution in [0, 0.1) is 0 Å². The lowest BCUT2D eigenvalue weighted by Gasteiger charge is -2.41. The molecule has 1 aliphatic carbocycles. The molecule has 0 fully saturated rings. The molecule has 34 heavy (non-hydrogen) atoms. The average Bonchev–Trinajstić information content (AvgIpc) is 3.22. The van der Waals surface area contributed by atoms with Crippen LogP contribution in [0.25, 0.3) is 11.0 Å². The van der Waals surface area contributed by atoms with Crippen molar-refractivity contribution < 1.29 is 26.0 Å². The van der Waals surface area contributed by atoms with Crippen LogP contribution >= 0.6 is 0 Å². The number of ether oxygens (including phenoxy) is 1. The Kier molecular flexibility index (Phi) is 5.62. The van der Waals surface area contributed by atoms with Gasteiger partial charge < -0.3 is 9.15 Å². The predicted octanol–water partition coefficient (Wildman–Crippen LogP) is 4.58. The summed E-state index contributed by atoms with van der Waals surface area (Å²) in [6.45, 7) is 1.89. The molecule has 0 saturated carbocycles. The fraction of sp³-hybridized carbons (Fsp3) is 0.231. The lowest BCUT2D eigenvalue weighted by Crippen LogP contribution is -2.60. The lowest BCUT2D eigenvalue weighted by atomic mass is 9.92. The Bertz CT molecular complexity index is 1470. The molecule has 0 saturated heterocycles. The fourth-order valence-electron chi connectivity index (χ4n) is 4.86. The van der Waals surface area contributed by atoms with E-state index in [4.69, 9.17) is 9.15 Å². The molecule has 1 unspecified atom stereocenters. The average molecular weight is 497 g/mol. The molecule has 0 bridgehead atoms. The van der Waals surface area contributed by atoms with E-state index >= 15 is 0 Å². The summed E-state index contributed by atoms with van der Waals surface area (Å²) in [5.74, 6) is 0.358. The van der Waals surface area contributed by atoms with Gasteiger partial charge in [-0.15, -0.1) is 0 Å². The van der Waals surface area contributed by atoms with Crippen LogP contribution in [0.2, 0.25) is 0 Å². The van der Waals surface area contributed by atoms with Crippen LogP contribution in [0.5, 0.6) is 0 Å². The van der Waals surface area contributed by atoms with E-state index < -0.39 is 29.9 Å². The van der Waals surface area contributed by atoms with E-state index in [2.05, 4.69) is 0 Å². The molecule has 4 aromatic rings. The van der Waals surface area contributed by atoms with Crippen molar-refractivity contribution in [2.45, 2.75) is 39.7 Å². The van der Waals surface area contributed by atoms with Crippen molar-refractivity contribution in [1.29, 1.82) is 0 Å². The minimum Gasteiger partial charge on any atom is -0.461 e. The Morgan fingerprint density at radius 3 is 1.91 bits per heavy atom. The first-order chi connectivity index (χ1) is 16.3. The molecule has 176 valence electrons. The number of furan rings is 1. The summed E-state index contributed by atoms with van der Waals surface area (Å²) >= 11 is 0. The number of rotatable bonds is 6. The van der Waals surface area contributed by atoms with Crippen LogP contribution in [-0.2, 0) is 37.3 Å². The first-order valence-electron chi connectivity index (χ1n) is 11.0. The monoisotopic (exact) mass is 496 g/mol. The van der Waals surface area contributed by atoms with Gasteiger partial charge in [0.2, 0.25) is 23.8 Å². The summed E-state index contributed by atoms with van der Waals surface area (Å²) in [5, 5.41) is 0.838. The number of fused-ring (bicyclic) bond motifs is 3. The summed E-state index contributed by atoms with van der Waals surface area (Å²) in [6, 6.07) is 22.8. The number of para-hydroxylation sites is 1. The third kappa shape index (κ3) is 3.24. The number of hydrogen-bond donors (Lipinski definition) is 0. The standard InChI is InChI=1S/C26H24O6S2/c1-2-31-25-17-22-21-15-9-10-16-23(21)32-24(22)18-26(25,33(27,28)19-11-5-3-6-12-19)34(29,30)20-13-7-4-8-14-20/h3-16,25H,2,17-18H2,1H3. The normalized spacial score (nSPS) is 18.0. The van der Waals surface area contributed by atoms with Gasteiger partial charge in [-0.1, -0.05) is 54.6 Å². The maximum Gasteiger partial charge on any atom is 0.215 e. The molecule has 0 radical (unpaired) electrons. The molecule has 0 spiro atoms. The highest BCUT2D eigenvalue weighted by Gasteiger charge is 2.64. The van der Waals surface area contributed by atoms with E-state index in [0.29, 0.717) is 11.3 Å². The SMILES string of the molecule is CCOC1Cc2c(oc3ccccc23)CC1(S(=O)(=O)c1ccccc1)S(=O)(=O)c1ccccc1. The molecule has 1 aromatic heterocycles. The predicted molar refractivity (Wildman–Crippen MR) is 129 cm³/mol. The zero-order valence-electron chi connectivity index (χ0n) is 18.5. The molecule has 8 heteroatoms. The molecule has 0 amide bonds. The van der Waals surface area contributed by atoms with Crippen molar-refractivity contribution in [2.75, 3.05) is 6.61 Å². The summed E-state index contributed by atoms with van der Waals surface area (Å²) < 4.78 is 67.1. The Morgan fingerprint density at radius 1 is 0.824 bits per heavy atom. The molecule has 1 heterocycles. The van der Waals surface area contributed by atoms with Crippen LogP contribution in [0.1, 0.15) is 18.2 Å². The maximum absolute atomic E-state index is 14.3. The molecule has 1 atom stereocenters. The van der Waals surface area contributed by atoms with Gasteiger partial charge in [-0.3, -0.25) is 0 Å². The molecular weight excluding hydrogens is 472 g/mol. The fourth-order valence-corrected chi connectivity index (χ4v) is 10.1. The van der Waals surface area contributed by atoms with Gasteiger partial charge >= 0.3 is 0 Å². The van der Waals surface area contributed by atoms with Gasteiger partial charge in [0.15, 0.2) is 0 Å². The molecular formula is C26H24O6S2. The second-order valence-electron chi connectivity index (χ2n) is 8.27. The minimum absolute atomic E-state index is 0.0706. The van der Waals surface area contributed by atoms with E-state index in [1.165, 1.54) is 24.3 Å². The molecule has 1 aliphatic rings. The molecule has 0 aliphatic heterocycles. The highest BCUT2D eigenvalue weighted by atomic mass is 32.3. The van der Waals surface area contributed by atoms with Crippen LogP contribution in [0.3, 0.4) is 0 Å². The van der Waals surface area contributed by atoms with Crippen molar-refractivity contribution in [2.24, 2.45) is 0 Å². The van der Waals surface area contributed by atoms with E-state index in [-0.39, 0.29) is 29.2 Å². The topological polar surface area (TPSA) is 90.7 Å². The molecule has 3 aromatic carbocycles. The van der Waals surface area contributed by atoms with Crippen molar-refractivity contribution >= 4 is 30.6 Å². The number of hydrogen-bond acceptors (Lipinski definition) is 6. The van der Waals surface area contributed by atoms with E-state index in [1.54, 1.807) is 49.4 Å². The zero-order chi connectivity index (χ0) is 24.0. The van der Waals surface area contributed by atoms with Crippen LogP contribution in [0.15, 0.2) is 99.1 Å². The van der Waals surface area contributed by atoms with Gasteiger partial charge in [0.1, 0.15) is 11.3 Å². The van der Waals surface area contributed by atoms with Crippen molar-refractivity contribution in [3.8, 4) is 0 Å². The first kappa shape index (κ1) is 22.8. The third-order valence-corrected chi connectivity index (χ3v) is 12.2. The van der Waals surface area contributed by atoms with Crippen LogP contribution in [-0.4, -0.2) is 33.6 Å². The Labute approximate surface area is 199 Å². The molecule has 6 nitrogen and oxygen atoms in total. The lowest BCUT2D eigenvalue weighted by molar-refractivity contribution is 0.0442.